The van der Waals surface area contributed by atoms with Gasteiger partial charge in [0.15, 0.2) is 0 Å². The summed E-state index contributed by atoms with van der Waals surface area (Å²) in [5.41, 5.74) is 6.93. The molecule has 0 saturated carbocycles. The normalized spacial score (nSPS) is 9.47. The summed E-state index contributed by atoms with van der Waals surface area (Å²) >= 11 is 0. The van der Waals surface area contributed by atoms with Gasteiger partial charge in [0.05, 0.1) is 12.2 Å². The van der Waals surface area contributed by atoms with Crippen LogP contribution in [0.25, 0.3) is 0 Å². The van der Waals surface area contributed by atoms with Crippen LogP contribution in [0.1, 0.15) is 16.1 Å². The van der Waals surface area contributed by atoms with Crippen molar-refractivity contribution in [3.05, 3.63) is 59.8 Å². The third-order valence-electron chi connectivity index (χ3n) is 2.43. The van der Waals surface area contributed by atoms with Crippen LogP contribution in [-0.2, 0) is 11.2 Å². The highest BCUT2D eigenvalue weighted by molar-refractivity contribution is 5.89. The molecule has 2 rings (SSSR count). The molecule has 0 fully saturated rings. The second kappa shape index (κ2) is 7.38. The molecule has 0 aliphatic heterocycles. The quantitative estimate of drug-likeness (QED) is 0.873. The topological polar surface area (TPSA) is 65.2 Å². The van der Waals surface area contributed by atoms with Gasteiger partial charge in [-0.2, -0.15) is 0 Å². The van der Waals surface area contributed by atoms with Gasteiger partial charge in [0.25, 0.3) is 0 Å². The lowest BCUT2D eigenvalue weighted by Gasteiger charge is -2.04. The Morgan fingerprint density at radius 3 is 2.53 bits per heavy atom. The second-order valence-corrected chi connectivity index (χ2v) is 3.81. The minimum Gasteiger partial charge on any atom is -0.462 e. The molecule has 1 heterocycles. The number of carbonyl (C=O) groups is 1. The maximum atomic E-state index is 11.6. The third-order valence-corrected chi connectivity index (χ3v) is 2.43. The molecule has 0 aliphatic rings. The van der Waals surface area contributed by atoms with Crippen molar-refractivity contribution in [2.24, 2.45) is 0 Å². The molecule has 1 aromatic heterocycles. The van der Waals surface area contributed by atoms with E-state index in [-0.39, 0.29) is 18.4 Å². The minimum atomic E-state index is -0.320. The SMILES string of the molecule is Cl.Nc1cccc(CCOC(=O)c2ccccc2)n1. The van der Waals surface area contributed by atoms with Gasteiger partial charge in [0.1, 0.15) is 5.82 Å². The molecule has 2 aromatic rings. The number of pyridine rings is 1. The fourth-order valence-electron chi connectivity index (χ4n) is 1.54. The Labute approximate surface area is 118 Å². The Hall–Kier alpha value is -2.07. The van der Waals surface area contributed by atoms with Crippen LogP contribution in [0, 0.1) is 0 Å². The van der Waals surface area contributed by atoms with Gasteiger partial charge in [-0.15, -0.1) is 12.4 Å². The first-order chi connectivity index (χ1) is 8.75. The van der Waals surface area contributed by atoms with E-state index in [0.717, 1.165) is 5.69 Å². The van der Waals surface area contributed by atoms with E-state index in [9.17, 15) is 4.79 Å². The second-order valence-electron chi connectivity index (χ2n) is 3.81. The number of hydrogen-bond donors (Lipinski definition) is 1. The molecule has 0 aliphatic carbocycles. The number of esters is 1. The molecule has 0 atom stereocenters. The maximum Gasteiger partial charge on any atom is 0.338 e. The van der Waals surface area contributed by atoms with Gasteiger partial charge in [-0.3, -0.25) is 0 Å². The Bertz CT molecular complexity index is 532. The first-order valence-electron chi connectivity index (χ1n) is 5.69. The fraction of sp³-hybridized carbons (Fsp3) is 0.143. The summed E-state index contributed by atoms with van der Waals surface area (Å²) in [5, 5.41) is 0. The zero-order valence-electron chi connectivity index (χ0n) is 10.3. The summed E-state index contributed by atoms with van der Waals surface area (Å²) in [6, 6.07) is 14.3. The monoisotopic (exact) mass is 278 g/mol. The number of rotatable bonds is 4. The van der Waals surface area contributed by atoms with Gasteiger partial charge in [0, 0.05) is 12.1 Å². The molecular weight excluding hydrogens is 264 g/mol. The Morgan fingerprint density at radius 2 is 1.84 bits per heavy atom. The van der Waals surface area contributed by atoms with Gasteiger partial charge >= 0.3 is 5.97 Å². The average Bonchev–Trinajstić information content (AvgIpc) is 2.40. The molecule has 4 nitrogen and oxygen atoms in total. The minimum absolute atomic E-state index is 0. The molecule has 0 spiro atoms. The van der Waals surface area contributed by atoms with Crippen LogP contribution < -0.4 is 5.73 Å². The van der Waals surface area contributed by atoms with Crippen molar-refractivity contribution < 1.29 is 9.53 Å². The first kappa shape index (κ1) is 15.0. The molecular formula is C14H15ClN2O2. The van der Waals surface area contributed by atoms with Crippen LogP contribution in [0.5, 0.6) is 0 Å². The van der Waals surface area contributed by atoms with Crippen molar-refractivity contribution in [2.45, 2.75) is 6.42 Å². The van der Waals surface area contributed by atoms with Crippen LogP contribution >= 0.6 is 12.4 Å². The van der Waals surface area contributed by atoms with Gasteiger partial charge in [-0.1, -0.05) is 24.3 Å². The van der Waals surface area contributed by atoms with Crippen LogP contribution in [0.4, 0.5) is 5.82 Å². The summed E-state index contributed by atoms with van der Waals surface area (Å²) in [6.45, 7) is 0.296. The summed E-state index contributed by atoms with van der Waals surface area (Å²) in [5.74, 6) is 0.154. The van der Waals surface area contributed by atoms with Gasteiger partial charge in [0.2, 0.25) is 0 Å². The van der Waals surface area contributed by atoms with E-state index in [1.54, 1.807) is 30.3 Å². The lowest BCUT2D eigenvalue weighted by Crippen LogP contribution is -2.08. The molecule has 19 heavy (non-hydrogen) atoms. The number of nitrogen functional groups attached to an aromatic ring is 1. The zero-order valence-corrected chi connectivity index (χ0v) is 11.1. The number of aromatic nitrogens is 1. The van der Waals surface area contributed by atoms with E-state index < -0.39 is 0 Å². The van der Waals surface area contributed by atoms with E-state index in [0.29, 0.717) is 24.4 Å². The predicted molar refractivity (Wildman–Crippen MR) is 76.3 cm³/mol. The van der Waals surface area contributed by atoms with Crippen LogP contribution in [0.2, 0.25) is 0 Å². The number of hydrogen-bond acceptors (Lipinski definition) is 4. The molecule has 1 aromatic carbocycles. The van der Waals surface area contributed by atoms with Gasteiger partial charge < -0.3 is 10.5 Å². The highest BCUT2D eigenvalue weighted by Crippen LogP contribution is 2.04. The predicted octanol–water partition coefficient (Wildman–Crippen LogP) is 2.49. The summed E-state index contributed by atoms with van der Waals surface area (Å²) in [4.78, 5) is 15.8. The summed E-state index contributed by atoms with van der Waals surface area (Å²) in [7, 11) is 0. The molecule has 0 bridgehead atoms. The number of anilines is 1. The summed E-state index contributed by atoms with van der Waals surface area (Å²) in [6.07, 6.45) is 0.559. The highest BCUT2D eigenvalue weighted by Gasteiger charge is 2.05. The van der Waals surface area contributed by atoms with Crippen molar-refractivity contribution in [2.75, 3.05) is 12.3 Å². The van der Waals surface area contributed by atoms with E-state index in [1.807, 2.05) is 18.2 Å². The Kier molecular flexibility index (Phi) is 5.82. The van der Waals surface area contributed by atoms with Crippen molar-refractivity contribution in [3.8, 4) is 0 Å². The van der Waals surface area contributed by atoms with Crippen molar-refractivity contribution in [1.82, 2.24) is 4.98 Å². The maximum absolute atomic E-state index is 11.6. The number of halogens is 1. The van der Waals surface area contributed by atoms with E-state index in [2.05, 4.69) is 4.98 Å². The van der Waals surface area contributed by atoms with Crippen molar-refractivity contribution in [1.29, 1.82) is 0 Å². The van der Waals surface area contributed by atoms with E-state index >= 15 is 0 Å². The van der Waals surface area contributed by atoms with Crippen LogP contribution in [0.15, 0.2) is 48.5 Å². The Morgan fingerprint density at radius 1 is 1.11 bits per heavy atom. The fourth-order valence-corrected chi connectivity index (χ4v) is 1.54. The van der Waals surface area contributed by atoms with Gasteiger partial charge in [-0.25, -0.2) is 9.78 Å². The number of ether oxygens (including phenoxy) is 1. The zero-order chi connectivity index (χ0) is 12.8. The number of carbonyl (C=O) groups excluding carboxylic acids is 1. The van der Waals surface area contributed by atoms with Crippen LogP contribution in [0.3, 0.4) is 0 Å². The number of nitrogens with two attached hydrogens (primary N) is 1. The van der Waals surface area contributed by atoms with Gasteiger partial charge in [-0.05, 0) is 24.3 Å². The largest absolute Gasteiger partial charge is 0.462 e. The lowest BCUT2D eigenvalue weighted by atomic mass is 10.2. The third kappa shape index (κ3) is 4.60. The number of benzene rings is 1. The lowest BCUT2D eigenvalue weighted by molar-refractivity contribution is 0.0508. The molecule has 0 unspecified atom stereocenters. The van der Waals surface area contributed by atoms with Crippen molar-refractivity contribution >= 4 is 24.2 Å². The molecule has 2 N–H and O–H groups in total. The highest BCUT2D eigenvalue weighted by atomic mass is 35.5. The van der Waals surface area contributed by atoms with E-state index in [1.165, 1.54) is 0 Å². The molecule has 0 saturated heterocycles. The molecule has 0 radical (unpaired) electrons. The molecule has 100 valence electrons. The smallest absolute Gasteiger partial charge is 0.338 e. The standard InChI is InChI=1S/C14H14N2O2.ClH/c15-13-8-4-7-12(16-13)9-10-18-14(17)11-5-2-1-3-6-11;/h1-8H,9-10H2,(H2,15,16);1H. The van der Waals surface area contributed by atoms with E-state index in [4.69, 9.17) is 10.5 Å². The summed E-state index contributed by atoms with van der Waals surface area (Å²) < 4.78 is 5.15. The molecule has 0 amide bonds. The average molecular weight is 279 g/mol. The number of nitrogens with zero attached hydrogens (tertiary/aromatic N) is 1. The van der Waals surface area contributed by atoms with Crippen LogP contribution in [-0.4, -0.2) is 17.6 Å². The Balaban J connectivity index is 0.00000180. The van der Waals surface area contributed by atoms with Crippen molar-refractivity contribution in [3.63, 3.8) is 0 Å². The first-order valence-corrected chi connectivity index (χ1v) is 5.69. The molecule has 5 heteroatoms.